The molecule has 0 aliphatic rings. The Hall–Kier alpha value is -0.111. The van der Waals surface area contributed by atoms with E-state index in [4.69, 9.17) is 0 Å². The first-order chi connectivity index (χ1) is 6.72. The average molecular weight is 318 g/mol. The normalized spacial score (nSPS) is 11.7. The topological polar surface area (TPSA) is 12.4 Å². The molecule has 1 nitrogen and oxygen atoms in total. The molecule has 0 bridgehead atoms. The summed E-state index contributed by atoms with van der Waals surface area (Å²) in [6.45, 7) is 2.19. The standard InChI is InChI=1S/C11H13BrNSe/c1-2-3-4-11(14)13-10-7-5-9(12)6-8-10/h5-8H,2-4H2,1H3. The quantitative estimate of drug-likeness (QED) is 0.591. The van der Waals surface area contributed by atoms with Crippen molar-refractivity contribution < 1.29 is 0 Å². The third kappa shape index (κ3) is 4.41. The zero-order chi connectivity index (χ0) is 10.4. The number of halogens is 1. The molecule has 1 aromatic rings. The van der Waals surface area contributed by atoms with Gasteiger partial charge in [-0.1, -0.05) is 0 Å². The van der Waals surface area contributed by atoms with Crippen molar-refractivity contribution in [3.63, 3.8) is 0 Å². The Balaban J connectivity index is 2.61. The van der Waals surface area contributed by atoms with Crippen molar-refractivity contribution in [2.75, 3.05) is 0 Å². The minimum atomic E-state index is 1.01. The molecule has 0 saturated heterocycles. The van der Waals surface area contributed by atoms with Crippen molar-refractivity contribution in [2.45, 2.75) is 26.2 Å². The maximum absolute atomic E-state index is 4.48. The molecule has 0 unspecified atom stereocenters. The number of hydrogen-bond acceptors (Lipinski definition) is 1. The van der Waals surface area contributed by atoms with Crippen LogP contribution in [0.3, 0.4) is 0 Å². The Morgan fingerprint density at radius 1 is 1.36 bits per heavy atom. The van der Waals surface area contributed by atoms with Gasteiger partial charge in [-0.15, -0.1) is 0 Å². The van der Waals surface area contributed by atoms with E-state index in [1.54, 1.807) is 0 Å². The van der Waals surface area contributed by atoms with Crippen LogP contribution in [0.4, 0.5) is 5.69 Å². The Kier molecular flexibility index (Phi) is 5.46. The van der Waals surface area contributed by atoms with Crippen molar-refractivity contribution in [3.8, 4) is 0 Å². The van der Waals surface area contributed by atoms with Crippen LogP contribution in [0.2, 0.25) is 0 Å². The van der Waals surface area contributed by atoms with E-state index in [9.17, 15) is 0 Å². The zero-order valence-electron chi connectivity index (χ0n) is 8.16. The van der Waals surface area contributed by atoms with Crippen LogP contribution in [-0.2, 0) is 0 Å². The number of hydrogen-bond donors (Lipinski definition) is 0. The van der Waals surface area contributed by atoms with E-state index in [1.165, 1.54) is 12.8 Å². The molecule has 1 rings (SSSR count). The van der Waals surface area contributed by atoms with Gasteiger partial charge in [-0.05, 0) is 0 Å². The number of benzene rings is 1. The van der Waals surface area contributed by atoms with Gasteiger partial charge in [0.2, 0.25) is 0 Å². The second-order valence-corrected chi connectivity index (χ2v) is 4.99. The predicted octanol–water partition coefficient (Wildman–Crippen LogP) is 3.84. The minimum absolute atomic E-state index is 1.01. The van der Waals surface area contributed by atoms with Crippen LogP contribution < -0.4 is 0 Å². The monoisotopic (exact) mass is 318 g/mol. The molecular weight excluding hydrogens is 305 g/mol. The summed E-state index contributed by atoms with van der Waals surface area (Å²) in [6.07, 6.45) is 3.45. The zero-order valence-corrected chi connectivity index (χ0v) is 11.5. The van der Waals surface area contributed by atoms with Gasteiger partial charge < -0.3 is 0 Å². The summed E-state index contributed by atoms with van der Waals surface area (Å²) < 4.78 is 2.18. The summed E-state index contributed by atoms with van der Waals surface area (Å²) in [6, 6.07) is 8.03. The van der Waals surface area contributed by atoms with Gasteiger partial charge in [0.1, 0.15) is 0 Å². The molecule has 0 aliphatic carbocycles. The van der Waals surface area contributed by atoms with Crippen molar-refractivity contribution in [1.82, 2.24) is 0 Å². The van der Waals surface area contributed by atoms with E-state index in [0.29, 0.717) is 0 Å². The van der Waals surface area contributed by atoms with Crippen LogP contribution in [0.15, 0.2) is 33.7 Å². The number of nitrogens with zero attached hydrogens (tertiary/aromatic N) is 1. The molecule has 0 aliphatic heterocycles. The molecule has 0 spiro atoms. The molecule has 0 saturated carbocycles. The summed E-state index contributed by atoms with van der Waals surface area (Å²) in [7, 11) is 0. The Bertz CT molecular complexity index is 306. The van der Waals surface area contributed by atoms with Crippen LogP contribution in [0.5, 0.6) is 0 Å². The molecule has 0 amide bonds. The van der Waals surface area contributed by atoms with Gasteiger partial charge in [-0.2, -0.15) is 0 Å². The molecular formula is C11H13BrNSe. The molecule has 3 heteroatoms. The van der Waals surface area contributed by atoms with E-state index in [1.807, 2.05) is 24.3 Å². The first kappa shape index (κ1) is 12.0. The summed E-state index contributed by atoms with van der Waals surface area (Å²) in [5.41, 5.74) is 1.01. The molecule has 0 aromatic heterocycles. The van der Waals surface area contributed by atoms with E-state index in [2.05, 4.69) is 43.9 Å². The summed E-state index contributed by atoms with van der Waals surface area (Å²) >= 11 is 6.41. The SMILES string of the molecule is CCCCC([Se])=Nc1ccc(Br)cc1. The fourth-order valence-corrected chi connectivity index (χ4v) is 1.83. The van der Waals surface area contributed by atoms with Crippen molar-refractivity contribution in [1.29, 1.82) is 0 Å². The van der Waals surface area contributed by atoms with Gasteiger partial charge in [0.05, 0.1) is 0 Å². The molecule has 0 atom stereocenters. The Morgan fingerprint density at radius 3 is 2.57 bits per heavy atom. The van der Waals surface area contributed by atoms with Crippen molar-refractivity contribution in [2.24, 2.45) is 4.99 Å². The third-order valence-electron chi connectivity index (χ3n) is 1.82. The summed E-state index contributed by atoms with van der Waals surface area (Å²) in [5, 5.41) is 0. The molecule has 1 radical (unpaired) electrons. The second kappa shape index (κ2) is 6.39. The van der Waals surface area contributed by atoms with E-state index < -0.39 is 0 Å². The summed E-state index contributed by atoms with van der Waals surface area (Å²) in [4.78, 5) is 4.48. The van der Waals surface area contributed by atoms with Gasteiger partial charge in [0.25, 0.3) is 0 Å². The van der Waals surface area contributed by atoms with E-state index >= 15 is 0 Å². The fraction of sp³-hybridized carbons (Fsp3) is 0.364. The van der Waals surface area contributed by atoms with Crippen LogP contribution in [0, 0.1) is 0 Å². The summed E-state index contributed by atoms with van der Waals surface area (Å²) in [5.74, 6) is 0. The van der Waals surface area contributed by atoms with E-state index in [0.717, 1.165) is 21.2 Å². The fourth-order valence-electron chi connectivity index (χ4n) is 1.04. The predicted molar refractivity (Wildman–Crippen MR) is 66.5 cm³/mol. The molecule has 0 fully saturated rings. The first-order valence-electron chi connectivity index (χ1n) is 4.72. The number of unbranched alkanes of at least 4 members (excludes halogenated alkanes) is 1. The third-order valence-corrected chi connectivity index (χ3v) is 2.97. The van der Waals surface area contributed by atoms with Gasteiger partial charge >= 0.3 is 102 Å². The van der Waals surface area contributed by atoms with Gasteiger partial charge in [0.15, 0.2) is 0 Å². The van der Waals surface area contributed by atoms with Crippen LogP contribution in [0.25, 0.3) is 0 Å². The molecule has 75 valence electrons. The molecule has 0 heterocycles. The molecule has 0 N–H and O–H groups in total. The average Bonchev–Trinajstić information content (AvgIpc) is 2.18. The number of rotatable bonds is 4. The Morgan fingerprint density at radius 2 is 2.00 bits per heavy atom. The van der Waals surface area contributed by atoms with Crippen molar-refractivity contribution in [3.05, 3.63) is 28.7 Å². The van der Waals surface area contributed by atoms with Crippen molar-refractivity contribution >= 4 is 42.2 Å². The van der Waals surface area contributed by atoms with Gasteiger partial charge in [-0.25, -0.2) is 0 Å². The molecule has 1 aromatic carbocycles. The maximum atomic E-state index is 4.48. The van der Waals surface area contributed by atoms with Crippen LogP contribution in [0.1, 0.15) is 26.2 Å². The van der Waals surface area contributed by atoms with Crippen LogP contribution in [-0.4, -0.2) is 20.6 Å². The van der Waals surface area contributed by atoms with Gasteiger partial charge in [0, 0.05) is 0 Å². The Labute approximate surface area is 102 Å². The first-order valence-corrected chi connectivity index (χ1v) is 6.37. The van der Waals surface area contributed by atoms with Gasteiger partial charge in [-0.3, -0.25) is 0 Å². The second-order valence-electron chi connectivity index (χ2n) is 3.09. The molecule has 14 heavy (non-hydrogen) atoms. The van der Waals surface area contributed by atoms with Crippen LogP contribution >= 0.6 is 15.9 Å². The van der Waals surface area contributed by atoms with E-state index in [-0.39, 0.29) is 0 Å². The number of aliphatic imine (C=N–C) groups is 1.